The van der Waals surface area contributed by atoms with E-state index in [1.54, 1.807) is 0 Å². The van der Waals surface area contributed by atoms with Gasteiger partial charge in [-0.05, 0) is 62.3 Å². The topological polar surface area (TPSA) is 35.2 Å². The number of ether oxygens (including phenoxy) is 1. The van der Waals surface area contributed by atoms with E-state index in [0.29, 0.717) is 6.04 Å². The average Bonchev–Trinajstić information content (AvgIpc) is 2.40. The van der Waals surface area contributed by atoms with E-state index in [9.17, 15) is 0 Å². The number of rotatable bonds is 9. The first-order valence-corrected chi connectivity index (χ1v) is 7.71. The van der Waals surface area contributed by atoms with Gasteiger partial charge >= 0.3 is 0 Å². The van der Waals surface area contributed by atoms with Crippen LogP contribution in [0.25, 0.3) is 0 Å². The van der Waals surface area contributed by atoms with Crippen LogP contribution in [0.1, 0.15) is 57.6 Å². The lowest BCUT2D eigenvalue weighted by atomic mass is 9.97. The molecule has 0 aliphatic heterocycles. The molecule has 0 saturated carbocycles. The third kappa shape index (κ3) is 5.65. The molecule has 108 valence electrons. The van der Waals surface area contributed by atoms with Crippen LogP contribution in [-0.4, -0.2) is 12.6 Å². The monoisotopic (exact) mass is 263 g/mol. The van der Waals surface area contributed by atoms with Gasteiger partial charge in [-0.2, -0.15) is 0 Å². The van der Waals surface area contributed by atoms with E-state index >= 15 is 0 Å². The van der Waals surface area contributed by atoms with Gasteiger partial charge in [0.05, 0.1) is 6.61 Å². The molecule has 2 N–H and O–H groups in total. The summed E-state index contributed by atoms with van der Waals surface area (Å²) in [5.41, 5.74) is 8.93. The molecule has 0 radical (unpaired) electrons. The zero-order valence-electron chi connectivity index (χ0n) is 12.7. The average molecular weight is 263 g/mol. The summed E-state index contributed by atoms with van der Waals surface area (Å²) in [6, 6.07) is 6.86. The van der Waals surface area contributed by atoms with Crippen molar-refractivity contribution in [3.05, 3.63) is 29.3 Å². The van der Waals surface area contributed by atoms with Crippen molar-refractivity contribution in [3.63, 3.8) is 0 Å². The van der Waals surface area contributed by atoms with Gasteiger partial charge in [0, 0.05) is 6.04 Å². The van der Waals surface area contributed by atoms with Gasteiger partial charge in [-0.3, -0.25) is 0 Å². The lowest BCUT2D eigenvalue weighted by Crippen LogP contribution is -2.19. The summed E-state index contributed by atoms with van der Waals surface area (Å²) < 4.78 is 5.56. The maximum Gasteiger partial charge on any atom is 0.119 e. The lowest BCUT2D eigenvalue weighted by molar-refractivity contribution is 0.340. The van der Waals surface area contributed by atoms with Crippen LogP contribution in [-0.2, 0) is 12.8 Å². The highest BCUT2D eigenvalue weighted by Gasteiger charge is 2.05. The minimum absolute atomic E-state index is 0.373. The second-order valence-electron chi connectivity index (χ2n) is 5.16. The van der Waals surface area contributed by atoms with Crippen LogP contribution in [0, 0.1) is 0 Å². The van der Waals surface area contributed by atoms with E-state index in [1.165, 1.54) is 24.0 Å². The number of hydrogen-bond acceptors (Lipinski definition) is 2. The number of aryl methyl sites for hydroxylation is 2. The Bertz CT molecular complexity index is 362. The predicted molar refractivity (Wildman–Crippen MR) is 82.8 cm³/mol. The molecule has 2 nitrogen and oxygen atoms in total. The maximum absolute atomic E-state index is 6.06. The summed E-state index contributed by atoms with van der Waals surface area (Å²) in [5.74, 6) is 0.991. The molecule has 0 bridgehead atoms. The first-order chi connectivity index (χ1) is 9.21. The Hall–Kier alpha value is -1.02. The van der Waals surface area contributed by atoms with Crippen molar-refractivity contribution >= 4 is 0 Å². The summed E-state index contributed by atoms with van der Waals surface area (Å²) in [7, 11) is 0. The fraction of sp³-hybridized carbons (Fsp3) is 0.647. The Morgan fingerprint density at radius 3 is 2.53 bits per heavy atom. The van der Waals surface area contributed by atoms with Crippen LogP contribution >= 0.6 is 0 Å². The van der Waals surface area contributed by atoms with Gasteiger partial charge in [-0.25, -0.2) is 0 Å². The van der Waals surface area contributed by atoms with E-state index in [4.69, 9.17) is 10.5 Å². The molecule has 1 aromatic rings. The van der Waals surface area contributed by atoms with Crippen molar-refractivity contribution < 1.29 is 4.74 Å². The third-order valence-corrected chi connectivity index (χ3v) is 3.55. The SMILES string of the molecule is CCCC(N)CCCc1ccc(OCC)cc1CC. The summed E-state index contributed by atoms with van der Waals surface area (Å²) in [5, 5.41) is 0. The molecule has 1 atom stereocenters. The van der Waals surface area contributed by atoms with Crippen molar-refractivity contribution in [2.75, 3.05) is 6.61 Å². The van der Waals surface area contributed by atoms with Gasteiger partial charge in [0.2, 0.25) is 0 Å². The Balaban J connectivity index is 2.53. The van der Waals surface area contributed by atoms with Crippen molar-refractivity contribution in [1.82, 2.24) is 0 Å². The number of hydrogen-bond donors (Lipinski definition) is 1. The summed E-state index contributed by atoms with van der Waals surface area (Å²) >= 11 is 0. The largest absolute Gasteiger partial charge is 0.494 e. The third-order valence-electron chi connectivity index (χ3n) is 3.55. The van der Waals surface area contributed by atoms with Crippen LogP contribution < -0.4 is 10.5 Å². The molecule has 19 heavy (non-hydrogen) atoms. The van der Waals surface area contributed by atoms with Crippen LogP contribution in [0.5, 0.6) is 5.75 Å². The quantitative estimate of drug-likeness (QED) is 0.728. The minimum Gasteiger partial charge on any atom is -0.494 e. The van der Waals surface area contributed by atoms with Gasteiger partial charge in [0.15, 0.2) is 0 Å². The molecule has 0 aliphatic carbocycles. The predicted octanol–water partition coefficient (Wildman–Crippen LogP) is 4.10. The van der Waals surface area contributed by atoms with Crippen LogP contribution in [0.2, 0.25) is 0 Å². The lowest BCUT2D eigenvalue weighted by Gasteiger charge is -2.13. The van der Waals surface area contributed by atoms with Crippen LogP contribution in [0.3, 0.4) is 0 Å². The normalized spacial score (nSPS) is 12.4. The zero-order chi connectivity index (χ0) is 14.1. The molecule has 1 unspecified atom stereocenters. The van der Waals surface area contributed by atoms with Gasteiger partial charge in [-0.1, -0.05) is 26.3 Å². The van der Waals surface area contributed by atoms with Crippen LogP contribution in [0.15, 0.2) is 18.2 Å². The van der Waals surface area contributed by atoms with E-state index in [2.05, 4.69) is 32.0 Å². The first-order valence-electron chi connectivity index (χ1n) is 7.71. The van der Waals surface area contributed by atoms with Gasteiger partial charge in [0.25, 0.3) is 0 Å². The van der Waals surface area contributed by atoms with Gasteiger partial charge in [0.1, 0.15) is 5.75 Å². The fourth-order valence-corrected chi connectivity index (χ4v) is 2.50. The van der Waals surface area contributed by atoms with E-state index in [0.717, 1.165) is 38.0 Å². The molecule has 0 amide bonds. The second kappa shape index (κ2) is 8.98. The molecular weight excluding hydrogens is 234 g/mol. The van der Waals surface area contributed by atoms with E-state index in [-0.39, 0.29) is 0 Å². The Labute approximate surface area is 118 Å². The zero-order valence-corrected chi connectivity index (χ0v) is 12.7. The van der Waals surface area contributed by atoms with Gasteiger partial charge in [-0.15, -0.1) is 0 Å². The highest BCUT2D eigenvalue weighted by Crippen LogP contribution is 2.20. The molecule has 0 heterocycles. The second-order valence-corrected chi connectivity index (χ2v) is 5.16. The Morgan fingerprint density at radius 2 is 1.89 bits per heavy atom. The van der Waals surface area contributed by atoms with Crippen molar-refractivity contribution in [3.8, 4) is 5.75 Å². The Kier molecular flexibility index (Phi) is 7.57. The molecule has 1 aromatic carbocycles. The molecule has 0 aliphatic rings. The Morgan fingerprint density at radius 1 is 1.11 bits per heavy atom. The molecule has 0 fully saturated rings. The standard InChI is InChI=1S/C17H29NO/c1-4-8-16(18)10-7-9-15-11-12-17(19-6-3)13-14(15)5-2/h11-13,16H,4-10,18H2,1-3H3. The molecule has 1 rings (SSSR count). The summed E-state index contributed by atoms with van der Waals surface area (Å²) in [6.07, 6.45) is 6.84. The van der Waals surface area contributed by atoms with Gasteiger partial charge < -0.3 is 10.5 Å². The highest BCUT2D eigenvalue weighted by atomic mass is 16.5. The summed E-state index contributed by atoms with van der Waals surface area (Å²) in [4.78, 5) is 0. The van der Waals surface area contributed by atoms with E-state index < -0.39 is 0 Å². The van der Waals surface area contributed by atoms with Crippen LogP contribution in [0.4, 0.5) is 0 Å². The summed E-state index contributed by atoms with van der Waals surface area (Å²) in [6.45, 7) is 7.15. The molecule has 0 saturated heterocycles. The van der Waals surface area contributed by atoms with E-state index in [1.807, 2.05) is 6.92 Å². The van der Waals surface area contributed by atoms with Crippen molar-refractivity contribution in [1.29, 1.82) is 0 Å². The number of nitrogens with two attached hydrogens (primary N) is 1. The molecular formula is C17H29NO. The first kappa shape index (κ1) is 16.0. The fourth-order valence-electron chi connectivity index (χ4n) is 2.50. The van der Waals surface area contributed by atoms with Crippen molar-refractivity contribution in [2.45, 2.75) is 65.3 Å². The highest BCUT2D eigenvalue weighted by molar-refractivity contribution is 5.35. The maximum atomic E-state index is 6.06. The number of benzene rings is 1. The molecule has 0 aromatic heterocycles. The van der Waals surface area contributed by atoms with Crippen molar-refractivity contribution in [2.24, 2.45) is 5.73 Å². The molecule has 0 spiro atoms. The smallest absolute Gasteiger partial charge is 0.119 e. The minimum atomic E-state index is 0.373. The molecule has 2 heteroatoms.